The molecule has 212 valence electrons. The van der Waals surface area contributed by atoms with Crippen molar-refractivity contribution >= 4 is 62.6 Å². The highest BCUT2D eigenvalue weighted by atomic mass is 32.3. The summed E-state index contributed by atoms with van der Waals surface area (Å²) in [5, 5.41) is 17.7. The van der Waals surface area contributed by atoms with Gasteiger partial charge in [-0.1, -0.05) is 0 Å². The molecule has 0 radical (unpaired) electrons. The van der Waals surface area contributed by atoms with E-state index in [-0.39, 0.29) is 22.2 Å². The van der Waals surface area contributed by atoms with Crippen LogP contribution in [0.1, 0.15) is 0 Å². The summed E-state index contributed by atoms with van der Waals surface area (Å²) < 4.78 is 130. The Balaban J connectivity index is 2.14. The third-order valence-corrected chi connectivity index (χ3v) is 8.81. The van der Waals surface area contributed by atoms with Gasteiger partial charge >= 0.3 is 10.4 Å². The Bertz CT molecular complexity index is 1920. The molecule has 0 spiro atoms. The van der Waals surface area contributed by atoms with Gasteiger partial charge in [-0.15, -0.1) is 10.2 Å². The number of nitrogens with zero attached hydrogens (tertiary/aromatic N) is 2. The molecular weight excluding hydrogens is 608 g/mol. The Kier molecular flexibility index (Phi) is 8.34. The molecule has 0 saturated carbocycles. The van der Waals surface area contributed by atoms with Crippen LogP contribution in [0.5, 0.6) is 11.5 Å². The second kappa shape index (κ2) is 10.7. The van der Waals surface area contributed by atoms with E-state index in [1.54, 1.807) is 0 Å². The first-order valence-electron chi connectivity index (χ1n) is 10.0. The molecule has 0 aliphatic rings. The van der Waals surface area contributed by atoms with Crippen molar-refractivity contribution in [3.8, 4) is 11.5 Å². The highest BCUT2D eigenvalue weighted by molar-refractivity contribution is 7.91. The van der Waals surface area contributed by atoms with Crippen LogP contribution in [0.3, 0.4) is 0 Å². The van der Waals surface area contributed by atoms with Crippen molar-refractivity contribution in [2.75, 3.05) is 19.5 Å². The van der Waals surface area contributed by atoms with Gasteiger partial charge in [0.25, 0.3) is 20.2 Å². The number of phenolic OH excluding ortho intramolecular Hbond substituents is 1. The molecule has 0 heterocycles. The lowest BCUT2D eigenvalue weighted by molar-refractivity contribution is 0.284. The molecule has 3 aromatic rings. The number of aromatic hydroxyl groups is 1. The van der Waals surface area contributed by atoms with Gasteiger partial charge in [0.2, 0.25) is 0 Å². The fourth-order valence-electron chi connectivity index (χ4n) is 3.20. The average Bonchev–Trinajstić information content (AvgIpc) is 2.80. The molecule has 3 aromatic carbocycles. The van der Waals surface area contributed by atoms with Crippen molar-refractivity contribution in [1.82, 2.24) is 0 Å². The highest BCUT2D eigenvalue weighted by Crippen LogP contribution is 2.42. The smallest absolute Gasteiger partial charge is 0.397 e. The quantitative estimate of drug-likeness (QED) is 0.185. The van der Waals surface area contributed by atoms with Gasteiger partial charge in [-0.2, -0.15) is 25.3 Å². The van der Waals surface area contributed by atoms with Crippen LogP contribution in [-0.2, 0) is 44.7 Å². The average molecular weight is 627 g/mol. The number of hydrogen-bond donors (Lipinski definition) is 4. The van der Waals surface area contributed by atoms with Gasteiger partial charge < -0.3 is 9.84 Å². The molecule has 39 heavy (non-hydrogen) atoms. The third kappa shape index (κ3) is 7.24. The van der Waals surface area contributed by atoms with Crippen molar-refractivity contribution in [1.29, 1.82) is 0 Å². The Hall–Kier alpha value is -3.24. The Morgan fingerprint density at radius 1 is 0.795 bits per heavy atom. The number of rotatable bonds is 10. The lowest BCUT2D eigenvalue weighted by atomic mass is 10.1. The second-order valence-corrected chi connectivity index (χ2v) is 13.5. The van der Waals surface area contributed by atoms with Gasteiger partial charge in [0.05, 0.1) is 29.3 Å². The molecule has 0 unspecified atom stereocenters. The van der Waals surface area contributed by atoms with Gasteiger partial charge in [-0.25, -0.2) is 12.6 Å². The predicted octanol–water partition coefficient (Wildman–Crippen LogP) is 2.06. The zero-order valence-corrected chi connectivity index (χ0v) is 22.6. The number of methoxy groups -OCH3 is 1. The van der Waals surface area contributed by atoms with Crippen molar-refractivity contribution in [2.24, 2.45) is 10.2 Å². The first-order valence-corrected chi connectivity index (χ1v) is 15.9. The fourth-order valence-corrected chi connectivity index (χ4v) is 5.87. The van der Waals surface area contributed by atoms with Crippen LogP contribution >= 0.6 is 0 Å². The molecule has 0 amide bonds. The normalized spacial score (nSPS) is 13.2. The number of ether oxygens (including phenoxy) is 1. The van der Waals surface area contributed by atoms with Gasteiger partial charge in [0, 0.05) is 5.39 Å². The maximum atomic E-state index is 12.5. The maximum absolute atomic E-state index is 12.5. The minimum Gasteiger partial charge on any atom is -0.505 e. The van der Waals surface area contributed by atoms with E-state index in [1.807, 2.05) is 0 Å². The van der Waals surface area contributed by atoms with E-state index < -0.39 is 79.0 Å². The van der Waals surface area contributed by atoms with E-state index >= 15 is 0 Å². The first kappa shape index (κ1) is 30.3. The summed E-state index contributed by atoms with van der Waals surface area (Å²) in [4.78, 5) is -2.06. The lowest BCUT2D eigenvalue weighted by Gasteiger charge is -2.10. The standard InChI is InChI=1S/C19H18N2O14S4/c1-34-16-5-3-12(36(23,24)7-6-35-39(31,32)33)10-15(16)20-21-18-17(38(28,29)30)9-11-8-13(37(25,26)27)2-4-14(11)19(18)22/h2-5,8-10,22H,6-7H2,1H3,(H,25,26,27)(H,28,29,30)(H,31,32,33)/b21-20+. The molecule has 0 aliphatic heterocycles. The van der Waals surface area contributed by atoms with Crippen molar-refractivity contribution in [3.05, 3.63) is 42.5 Å². The summed E-state index contributed by atoms with van der Waals surface area (Å²) in [5.74, 6) is -1.81. The molecule has 0 aliphatic carbocycles. The number of benzene rings is 3. The SMILES string of the molecule is COc1ccc(S(=O)(=O)CCOS(=O)(=O)O)cc1/N=N/c1c(S(=O)(=O)O)cc2cc(S(=O)(=O)O)ccc2c1O. The number of fused-ring (bicyclic) bond motifs is 1. The third-order valence-electron chi connectivity index (χ3n) is 4.95. The second-order valence-electron chi connectivity index (χ2n) is 7.51. The van der Waals surface area contributed by atoms with E-state index in [0.717, 1.165) is 42.5 Å². The molecule has 0 saturated heterocycles. The molecule has 16 nitrogen and oxygen atoms in total. The van der Waals surface area contributed by atoms with Gasteiger partial charge in [0.15, 0.2) is 15.6 Å². The molecule has 20 heteroatoms. The number of phenols is 1. The predicted molar refractivity (Wildman–Crippen MR) is 132 cm³/mol. The highest BCUT2D eigenvalue weighted by Gasteiger charge is 2.24. The Morgan fingerprint density at radius 3 is 2.00 bits per heavy atom. The molecule has 3 rings (SSSR count). The fraction of sp³-hybridized carbons (Fsp3) is 0.158. The van der Waals surface area contributed by atoms with E-state index in [4.69, 9.17) is 9.29 Å². The molecular formula is C19H18N2O14S4. The molecule has 0 bridgehead atoms. The lowest BCUT2D eigenvalue weighted by Crippen LogP contribution is -2.15. The van der Waals surface area contributed by atoms with Gasteiger partial charge in [-0.05, 0) is 47.9 Å². The van der Waals surface area contributed by atoms with E-state index in [1.165, 1.54) is 7.11 Å². The van der Waals surface area contributed by atoms with E-state index in [2.05, 4.69) is 14.4 Å². The summed E-state index contributed by atoms with van der Waals surface area (Å²) in [7, 11) is -17.7. The molecule has 0 fully saturated rings. The maximum Gasteiger partial charge on any atom is 0.397 e. The zero-order chi connectivity index (χ0) is 29.4. The minimum absolute atomic E-state index is 0.0710. The van der Waals surface area contributed by atoms with Gasteiger partial charge in [-0.3, -0.25) is 13.7 Å². The van der Waals surface area contributed by atoms with Crippen LogP contribution in [0.25, 0.3) is 10.8 Å². The van der Waals surface area contributed by atoms with Crippen LogP contribution in [0.15, 0.2) is 67.4 Å². The summed E-state index contributed by atoms with van der Waals surface area (Å²) in [5.41, 5.74) is -1.11. The van der Waals surface area contributed by atoms with Crippen LogP contribution < -0.4 is 4.74 Å². The number of azo groups is 1. The zero-order valence-electron chi connectivity index (χ0n) is 19.4. The molecule has 4 N–H and O–H groups in total. The summed E-state index contributed by atoms with van der Waals surface area (Å²) in [6, 6.07) is 6.69. The Morgan fingerprint density at radius 2 is 1.44 bits per heavy atom. The van der Waals surface area contributed by atoms with Crippen LogP contribution in [0.4, 0.5) is 11.4 Å². The monoisotopic (exact) mass is 626 g/mol. The van der Waals surface area contributed by atoms with Crippen molar-refractivity contribution in [3.63, 3.8) is 0 Å². The first-order chi connectivity index (χ1) is 17.8. The van der Waals surface area contributed by atoms with Crippen LogP contribution in [0.2, 0.25) is 0 Å². The van der Waals surface area contributed by atoms with Crippen molar-refractivity contribution < 1.29 is 61.4 Å². The molecule has 0 atom stereocenters. The van der Waals surface area contributed by atoms with Crippen LogP contribution in [-0.4, -0.2) is 71.9 Å². The summed E-state index contributed by atoms with van der Waals surface area (Å²) >= 11 is 0. The van der Waals surface area contributed by atoms with Crippen LogP contribution in [0, 0.1) is 0 Å². The number of hydrogen-bond acceptors (Lipinski definition) is 13. The summed E-state index contributed by atoms with van der Waals surface area (Å²) in [6.45, 7) is -0.911. The Labute approximate surface area is 221 Å². The minimum atomic E-state index is -5.11. The topological polar surface area (TPSA) is 261 Å². The van der Waals surface area contributed by atoms with E-state index in [9.17, 15) is 47.9 Å². The van der Waals surface area contributed by atoms with Crippen molar-refractivity contribution in [2.45, 2.75) is 14.7 Å². The molecule has 0 aromatic heterocycles. The van der Waals surface area contributed by atoms with E-state index in [0.29, 0.717) is 0 Å². The van der Waals surface area contributed by atoms with Gasteiger partial charge in [0.1, 0.15) is 22.0 Å². The summed E-state index contributed by atoms with van der Waals surface area (Å²) in [6.07, 6.45) is 0. The largest absolute Gasteiger partial charge is 0.505 e. The number of sulfone groups is 1.